The van der Waals surface area contributed by atoms with Crippen LogP contribution in [-0.4, -0.2) is 41.1 Å². The smallest absolute Gasteiger partial charge is 0.0558 e. The van der Waals surface area contributed by atoms with Crippen molar-refractivity contribution in [2.75, 3.05) is 25.0 Å². The maximum atomic E-state index is 8.84. The number of aliphatic hydroxyl groups is 1. The average Bonchev–Trinajstić information content (AvgIpc) is 2.10. The first-order chi connectivity index (χ1) is 6.22. The number of aliphatic hydroxyl groups excluding tert-OH is 1. The predicted molar refractivity (Wildman–Crippen MR) is 61.4 cm³/mol. The van der Waals surface area contributed by atoms with E-state index in [1.165, 1.54) is 19.3 Å². The van der Waals surface area contributed by atoms with E-state index in [4.69, 9.17) is 5.11 Å². The summed E-state index contributed by atoms with van der Waals surface area (Å²) in [7, 11) is 0. The lowest BCUT2D eigenvalue weighted by atomic mass is 10.2. The topological polar surface area (TPSA) is 23.5 Å². The van der Waals surface area contributed by atoms with Crippen molar-refractivity contribution in [3.8, 4) is 0 Å². The summed E-state index contributed by atoms with van der Waals surface area (Å²) in [5.41, 5.74) is 0. The molecule has 0 aliphatic carbocycles. The molecule has 0 bridgehead atoms. The van der Waals surface area contributed by atoms with Crippen LogP contribution in [0.2, 0.25) is 0 Å². The number of nitrogens with zero attached hydrogens (tertiary/aromatic N) is 1. The summed E-state index contributed by atoms with van der Waals surface area (Å²) in [5, 5.41) is 9.94. The molecular weight excluding hydrogens is 230 g/mol. The second-order valence-corrected chi connectivity index (χ2v) is 4.40. The summed E-state index contributed by atoms with van der Waals surface area (Å²) < 4.78 is 0. The number of hydrogen-bond acceptors (Lipinski definition) is 2. The van der Waals surface area contributed by atoms with E-state index in [2.05, 4.69) is 34.7 Å². The Bertz CT molecular complexity index is 109. The van der Waals surface area contributed by atoms with Crippen molar-refractivity contribution in [2.45, 2.75) is 39.2 Å². The van der Waals surface area contributed by atoms with Crippen LogP contribution in [0.3, 0.4) is 0 Å². The van der Waals surface area contributed by atoms with Crippen molar-refractivity contribution >= 4 is 15.9 Å². The Hall–Kier alpha value is 0.400. The van der Waals surface area contributed by atoms with E-state index in [1.807, 2.05) is 0 Å². The Morgan fingerprint density at radius 2 is 1.85 bits per heavy atom. The molecule has 1 N–H and O–H groups in total. The zero-order valence-corrected chi connectivity index (χ0v) is 10.4. The molecule has 3 heteroatoms. The lowest BCUT2D eigenvalue weighted by molar-refractivity contribution is 0.163. The van der Waals surface area contributed by atoms with Crippen molar-refractivity contribution in [3.05, 3.63) is 0 Å². The van der Waals surface area contributed by atoms with E-state index in [1.54, 1.807) is 0 Å². The minimum atomic E-state index is 0.274. The van der Waals surface area contributed by atoms with Gasteiger partial charge in [0.2, 0.25) is 0 Å². The first-order valence-electron chi connectivity index (χ1n) is 5.13. The molecule has 0 fully saturated rings. The molecule has 0 rings (SSSR count). The van der Waals surface area contributed by atoms with Gasteiger partial charge in [0.1, 0.15) is 0 Å². The van der Waals surface area contributed by atoms with Gasteiger partial charge in [0.05, 0.1) is 6.61 Å². The van der Waals surface area contributed by atoms with Gasteiger partial charge in [-0.25, -0.2) is 0 Å². The molecule has 0 saturated heterocycles. The number of unbranched alkanes of at least 4 members (excludes halogenated alkanes) is 2. The summed E-state index contributed by atoms with van der Waals surface area (Å²) in [6.45, 7) is 6.56. The molecule has 0 aromatic heterocycles. The Balaban J connectivity index is 3.45. The van der Waals surface area contributed by atoms with Crippen LogP contribution in [-0.2, 0) is 0 Å². The standard InChI is InChI=1S/C10H22BrNO/c1-10(2)12(8-9-13)7-5-3-4-6-11/h10,13H,3-9H2,1-2H3. The van der Waals surface area contributed by atoms with Crippen LogP contribution in [0.1, 0.15) is 33.1 Å². The van der Waals surface area contributed by atoms with Crippen LogP contribution in [0.4, 0.5) is 0 Å². The van der Waals surface area contributed by atoms with Gasteiger partial charge in [-0.2, -0.15) is 0 Å². The summed E-state index contributed by atoms with van der Waals surface area (Å²) in [6.07, 6.45) is 3.77. The van der Waals surface area contributed by atoms with Crippen LogP contribution < -0.4 is 0 Å². The van der Waals surface area contributed by atoms with Gasteiger partial charge in [0.25, 0.3) is 0 Å². The fourth-order valence-corrected chi connectivity index (χ4v) is 1.74. The summed E-state index contributed by atoms with van der Waals surface area (Å²) in [6, 6.07) is 0.552. The lowest BCUT2D eigenvalue weighted by Gasteiger charge is -2.25. The van der Waals surface area contributed by atoms with E-state index in [9.17, 15) is 0 Å². The van der Waals surface area contributed by atoms with E-state index < -0.39 is 0 Å². The van der Waals surface area contributed by atoms with Gasteiger partial charge in [0, 0.05) is 17.9 Å². The number of halogens is 1. The number of hydrogen-bond donors (Lipinski definition) is 1. The normalized spacial score (nSPS) is 11.5. The Labute approximate surface area is 90.4 Å². The molecule has 2 nitrogen and oxygen atoms in total. The van der Waals surface area contributed by atoms with Gasteiger partial charge in [0.15, 0.2) is 0 Å². The summed E-state index contributed by atoms with van der Waals surface area (Å²) in [5.74, 6) is 0. The molecular formula is C10H22BrNO. The van der Waals surface area contributed by atoms with Gasteiger partial charge >= 0.3 is 0 Å². The molecule has 0 aliphatic heterocycles. The van der Waals surface area contributed by atoms with Crippen molar-refractivity contribution in [2.24, 2.45) is 0 Å². The van der Waals surface area contributed by atoms with Gasteiger partial charge in [-0.3, -0.25) is 4.90 Å². The number of alkyl halides is 1. The minimum absolute atomic E-state index is 0.274. The Morgan fingerprint density at radius 3 is 2.31 bits per heavy atom. The molecule has 0 radical (unpaired) electrons. The highest BCUT2D eigenvalue weighted by Crippen LogP contribution is 2.03. The number of rotatable bonds is 8. The highest BCUT2D eigenvalue weighted by atomic mass is 79.9. The van der Waals surface area contributed by atoms with Gasteiger partial charge < -0.3 is 5.11 Å². The van der Waals surface area contributed by atoms with Crippen molar-refractivity contribution in [3.63, 3.8) is 0 Å². The first kappa shape index (κ1) is 13.4. The zero-order chi connectivity index (χ0) is 10.1. The molecule has 0 unspecified atom stereocenters. The summed E-state index contributed by atoms with van der Waals surface area (Å²) >= 11 is 3.42. The predicted octanol–water partition coefficient (Wildman–Crippen LogP) is 2.25. The van der Waals surface area contributed by atoms with Crippen LogP contribution in [0.25, 0.3) is 0 Å². The molecule has 0 saturated carbocycles. The van der Waals surface area contributed by atoms with Gasteiger partial charge in [-0.1, -0.05) is 22.4 Å². The fraction of sp³-hybridized carbons (Fsp3) is 1.00. The van der Waals surface area contributed by atoms with Gasteiger partial charge in [-0.15, -0.1) is 0 Å². The van der Waals surface area contributed by atoms with Crippen molar-refractivity contribution < 1.29 is 5.11 Å². The molecule has 0 heterocycles. The highest BCUT2D eigenvalue weighted by molar-refractivity contribution is 9.09. The van der Waals surface area contributed by atoms with Crippen LogP contribution in [0.5, 0.6) is 0 Å². The molecule has 0 aliphatic rings. The van der Waals surface area contributed by atoms with Crippen LogP contribution in [0.15, 0.2) is 0 Å². The second kappa shape index (κ2) is 8.97. The van der Waals surface area contributed by atoms with E-state index >= 15 is 0 Å². The molecule has 0 aromatic rings. The Kier molecular flexibility index (Phi) is 9.25. The summed E-state index contributed by atoms with van der Waals surface area (Å²) in [4.78, 5) is 2.33. The molecule has 0 atom stereocenters. The van der Waals surface area contributed by atoms with Crippen molar-refractivity contribution in [1.82, 2.24) is 4.90 Å². The third-order valence-corrected chi connectivity index (χ3v) is 2.76. The quantitative estimate of drug-likeness (QED) is 0.529. The van der Waals surface area contributed by atoms with E-state index in [0.717, 1.165) is 18.4 Å². The zero-order valence-electron chi connectivity index (χ0n) is 8.80. The third-order valence-electron chi connectivity index (χ3n) is 2.20. The average molecular weight is 252 g/mol. The van der Waals surface area contributed by atoms with E-state index in [0.29, 0.717) is 6.04 Å². The molecule has 0 amide bonds. The third kappa shape index (κ3) is 7.47. The molecule has 0 aromatic carbocycles. The first-order valence-corrected chi connectivity index (χ1v) is 6.25. The van der Waals surface area contributed by atoms with Crippen LogP contribution >= 0.6 is 15.9 Å². The lowest BCUT2D eigenvalue weighted by Crippen LogP contribution is -2.34. The Morgan fingerprint density at radius 1 is 1.15 bits per heavy atom. The SMILES string of the molecule is CC(C)N(CCO)CCCCCBr. The molecule has 0 spiro atoms. The van der Waals surface area contributed by atoms with E-state index in [-0.39, 0.29) is 6.61 Å². The monoisotopic (exact) mass is 251 g/mol. The molecule has 13 heavy (non-hydrogen) atoms. The fourth-order valence-electron chi connectivity index (χ4n) is 1.34. The van der Waals surface area contributed by atoms with Crippen LogP contribution in [0, 0.1) is 0 Å². The second-order valence-electron chi connectivity index (χ2n) is 3.60. The molecule has 80 valence electrons. The highest BCUT2D eigenvalue weighted by Gasteiger charge is 2.06. The van der Waals surface area contributed by atoms with Gasteiger partial charge in [-0.05, 0) is 33.2 Å². The maximum Gasteiger partial charge on any atom is 0.0558 e. The largest absolute Gasteiger partial charge is 0.395 e. The minimum Gasteiger partial charge on any atom is -0.395 e. The maximum absolute atomic E-state index is 8.84. The van der Waals surface area contributed by atoms with Crippen molar-refractivity contribution in [1.29, 1.82) is 0 Å².